The smallest absolute Gasteiger partial charge is 0.211 e. The number of benzene rings is 3. The fraction of sp³-hybridized carbons (Fsp3) is 0.333. The van der Waals surface area contributed by atoms with E-state index in [9.17, 15) is 21.6 Å². The Hall–Kier alpha value is -2.03. The third-order valence-electron chi connectivity index (χ3n) is 6.68. The zero-order valence-corrected chi connectivity index (χ0v) is 18.9. The van der Waals surface area contributed by atoms with Crippen LogP contribution in [0.3, 0.4) is 0 Å². The van der Waals surface area contributed by atoms with E-state index in [1.54, 1.807) is 0 Å². The van der Waals surface area contributed by atoms with Crippen LogP contribution in [0.25, 0.3) is 21.5 Å². The molecule has 0 aliphatic heterocycles. The van der Waals surface area contributed by atoms with Gasteiger partial charge in [0.15, 0.2) is 0 Å². The van der Waals surface area contributed by atoms with Gasteiger partial charge in [-0.3, -0.25) is 0 Å². The fourth-order valence-corrected chi connectivity index (χ4v) is 8.00. The first-order valence-corrected chi connectivity index (χ1v) is 12.8. The van der Waals surface area contributed by atoms with Gasteiger partial charge in [0.05, 0.1) is 0 Å². The normalized spacial score (nSPS) is 24.2. The van der Waals surface area contributed by atoms with Crippen molar-refractivity contribution < 1.29 is 21.6 Å². The second-order valence-electron chi connectivity index (χ2n) is 9.03. The van der Waals surface area contributed by atoms with Crippen LogP contribution in [-0.4, -0.2) is 13.9 Å². The number of halogens is 3. The summed E-state index contributed by atoms with van der Waals surface area (Å²) < 4.78 is 68.1. The molecule has 3 unspecified atom stereocenters. The molecule has 1 saturated carbocycles. The predicted octanol–water partition coefficient (Wildman–Crippen LogP) is 6.87. The van der Waals surface area contributed by atoms with Crippen molar-refractivity contribution in [2.75, 3.05) is 0 Å². The summed E-state index contributed by atoms with van der Waals surface area (Å²) in [4.78, 5) is 0. The number of hydrogen-bond acceptors (Lipinski definition) is 3. The standard InChI is InChI=1S/C24H22F3NO2S2/c1-23(11-10-15-12-18(15)14-23)22(32(29,30)28-31-24(25,26)27)21-19-8-4-2-6-16(19)13-17-7-3-5-9-20(17)21/h2-10,13,18,22,28H,11-12,14H2,1H3. The largest absolute Gasteiger partial charge is 0.457 e. The maximum Gasteiger partial charge on any atom is 0.457 e. The first-order chi connectivity index (χ1) is 15.1. The maximum atomic E-state index is 13.6. The summed E-state index contributed by atoms with van der Waals surface area (Å²) >= 11 is -0.705. The highest BCUT2D eigenvalue weighted by molar-refractivity contribution is 8.09. The molecule has 3 nitrogen and oxygen atoms in total. The molecule has 0 heterocycles. The lowest BCUT2D eigenvalue weighted by Gasteiger charge is -2.39. The molecule has 32 heavy (non-hydrogen) atoms. The molecule has 1 fully saturated rings. The minimum Gasteiger partial charge on any atom is -0.211 e. The van der Waals surface area contributed by atoms with Crippen LogP contribution in [0.5, 0.6) is 0 Å². The van der Waals surface area contributed by atoms with Crippen molar-refractivity contribution >= 4 is 43.5 Å². The second-order valence-corrected chi connectivity index (χ2v) is 11.9. The van der Waals surface area contributed by atoms with Gasteiger partial charge in [-0.15, -0.1) is 0 Å². The highest BCUT2D eigenvalue weighted by atomic mass is 32.3. The lowest BCUT2D eigenvalue weighted by molar-refractivity contribution is -0.0332. The van der Waals surface area contributed by atoms with E-state index in [-0.39, 0.29) is 0 Å². The number of allylic oxidation sites excluding steroid dienone is 2. The molecule has 1 N–H and O–H groups in total. The molecule has 0 amide bonds. The monoisotopic (exact) mass is 477 g/mol. The molecule has 3 atom stereocenters. The number of hydrogen-bond donors (Lipinski definition) is 1. The number of nitrogens with one attached hydrogen (secondary N) is 1. The Balaban J connectivity index is 1.77. The predicted molar refractivity (Wildman–Crippen MR) is 123 cm³/mol. The van der Waals surface area contributed by atoms with E-state index in [1.165, 1.54) is 5.57 Å². The third-order valence-corrected chi connectivity index (χ3v) is 9.60. The van der Waals surface area contributed by atoms with Crippen molar-refractivity contribution in [3.05, 3.63) is 71.8 Å². The zero-order chi connectivity index (χ0) is 22.7. The molecule has 0 saturated heterocycles. The Bertz CT molecular complexity index is 1300. The maximum absolute atomic E-state index is 13.6. The van der Waals surface area contributed by atoms with Gasteiger partial charge in [-0.2, -0.15) is 17.3 Å². The number of alkyl halides is 3. The number of rotatable bonds is 5. The Morgan fingerprint density at radius 3 is 2.22 bits per heavy atom. The molecule has 0 bridgehead atoms. The van der Waals surface area contributed by atoms with Crippen molar-refractivity contribution in [2.45, 2.75) is 36.9 Å². The van der Waals surface area contributed by atoms with Gasteiger partial charge in [0.2, 0.25) is 10.0 Å². The van der Waals surface area contributed by atoms with Gasteiger partial charge in [0, 0.05) is 11.9 Å². The molecule has 0 spiro atoms. The highest BCUT2D eigenvalue weighted by Gasteiger charge is 2.51. The van der Waals surface area contributed by atoms with Crippen molar-refractivity contribution in [2.24, 2.45) is 11.3 Å². The third kappa shape index (κ3) is 3.93. The van der Waals surface area contributed by atoms with E-state index in [4.69, 9.17) is 0 Å². The topological polar surface area (TPSA) is 46.2 Å². The van der Waals surface area contributed by atoms with Gasteiger partial charge in [-0.1, -0.05) is 67.1 Å². The lowest BCUT2D eigenvalue weighted by Crippen LogP contribution is -2.38. The van der Waals surface area contributed by atoms with Crippen molar-refractivity contribution in [3.8, 4) is 0 Å². The van der Waals surface area contributed by atoms with Gasteiger partial charge >= 0.3 is 5.51 Å². The Morgan fingerprint density at radius 1 is 1.06 bits per heavy atom. The molecule has 0 aromatic heterocycles. The molecule has 8 heteroatoms. The number of fused-ring (bicyclic) bond motifs is 3. The summed E-state index contributed by atoms with van der Waals surface area (Å²) in [5, 5.41) is 2.11. The lowest BCUT2D eigenvalue weighted by atomic mass is 9.72. The molecule has 0 radical (unpaired) electrons. The molecule has 3 aromatic carbocycles. The van der Waals surface area contributed by atoms with Gasteiger partial charge in [-0.25, -0.2) is 8.42 Å². The zero-order valence-electron chi connectivity index (χ0n) is 17.3. The average molecular weight is 478 g/mol. The summed E-state index contributed by atoms with van der Waals surface area (Å²) in [7, 11) is -4.39. The molecule has 5 rings (SSSR count). The van der Waals surface area contributed by atoms with Crippen LogP contribution in [0.1, 0.15) is 37.0 Å². The Morgan fingerprint density at radius 2 is 1.66 bits per heavy atom. The molecular weight excluding hydrogens is 455 g/mol. The van der Waals surface area contributed by atoms with Crippen molar-refractivity contribution in [1.29, 1.82) is 0 Å². The highest BCUT2D eigenvalue weighted by Crippen LogP contribution is 2.59. The summed E-state index contributed by atoms with van der Waals surface area (Å²) in [5.74, 6) is 0.322. The Labute approximate surface area is 189 Å². The van der Waals surface area contributed by atoms with Crippen LogP contribution < -0.4 is 4.13 Å². The Kier molecular flexibility index (Phi) is 5.11. The van der Waals surface area contributed by atoms with Crippen LogP contribution in [0.4, 0.5) is 13.2 Å². The molecule has 3 aromatic rings. The minimum atomic E-state index is -4.71. The molecule has 2 aliphatic carbocycles. The number of sulfonamides is 1. The van der Waals surface area contributed by atoms with Gasteiger partial charge in [-0.05, 0) is 63.8 Å². The van der Waals surface area contributed by atoms with E-state index >= 15 is 0 Å². The van der Waals surface area contributed by atoms with Gasteiger partial charge in [0.1, 0.15) is 5.25 Å². The van der Waals surface area contributed by atoms with E-state index < -0.39 is 38.1 Å². The summed E-state index contributed by atoms with van der Waals surface area (Å²) in [5.41, 5.74) is -3.54. The van der Waals surface area contributed by atoms with Crippen molar-refractivity contribution in [1.82, 2.24) is 4.13 Å². The first-order valence-electron chi connectivity index (χ1n) is 10.4. The SMILES string of the molecule is CC1(C(c2c3ccccc3cc3ccccc23)S(=O)(=O)NSC(F)(F)F)CC=C2CC2C1. The van der Waals surface area contributed by atoms with E-state index in [0.29, 0.717) is 24.3 Å². The van der Waals surface area contributed by atoms with Crippen LogP contribution >= 0.6 is 11.9 Å². The van der Waals surface area contributed by atoms with E-state index in [0.717, 1.165) is 28.0 Å². The minimum absolute atomic E-state index is 0.322. The summed E-state index contributed by atoms with van der Waals surface area (Å²) in [6.07, 6.45) is 4.18. The van der Waals surface area contributed by atoms with Gasteiger partial charge < -0.3 is 0 Å². The van der Waals surface area contributed by atoms with Crippen LogP contribution in [0.15, 0.2) is 66.2 Å². The summed E-state index contributed by atoms with van der Waals surface area (Å²) in [6.45, 7) is 1.90. The summed E-state index contributed by atoms with van der Waals surface area (Å²) in [6, 6.07) is 17.0. The fourth-order valence-electron chi connectivity index (χ4n) is 5.27. The second kappa shape index (κ2) is 7.50. The van der Waals surface area contributed by atoms with Crippen LogP contribution in [-0.2, 0) is 10.0 Å². The molecular formula is C24H22F3NO2S2. The first kappa shape index (κ1) is 21.8. The van der Waals surface area contributed by atoms with Crippen LogP contribution in [0, 0.1) is 11.3 Å². The molecule has 168 valence electrons. The van der Waals surface area contributed by atoms with E-state index in [1.807, 2.05) is 65.6 Å². The van der Waals surface area contributed by atoms with Crippen LogP contribution in [0.2, 0.25) is 0 Å². The van der Waals surface area contributed by atoms with Crippen molar-refractivity contribution in [3.63, 3.8) is 0 Å². The van der Waals surface area contributed by atoms with E-state index in [2.05, 4.69) is 6.08 Å². The van der Waals surface area contributed by atoms with Gasteiger partial charge in [0.25, 0.3) is 0 Å². The average Bonchev–Trinajstić information content (AvgIpc) is 3.49. The quantitative estimate of drug-likeness (QED) is 0.248. The molecule has 2 aliphatic rings.